The molecule has 1 aliphatic carbocycles. The Balaban J connectivity index is 0.000000452. The van der Waals surface area contributed by atoms with Gasteiger partial charge in [0.1, 0.15) is 6.61 Å². The molecule has 0 radical (unpaired) electrons. The van der Waals surface area contributed by atoms with E-state index in [-0.39, 0.29) is 24.3 Å². The Morgan fingerprint density at radius 1 is 1.13 bits per heavy atom. The standard InChI is InChI=1S/C18H26O4.C9H16/c1-12(2)7-8-20-18-10-15(11-21-14(4)19)16-6-5-13(3)9-17(16)22-18;1-8(2)6-5-7-9(3)4/h9-10,16-18H,1,5-8,11H2,2-4H3;7H,1,5-6H2,2-4H3/t16?,17-,18?;/m1./s1. The fraction of sp³-hybridized carbons (Fsp3) is 0.593. The number of esters is 1. The van der Waals surface area contributed by atoms with E-state index in [1.807, 2.05) is 13.0 Å². The molecular weight excluding hydrogens is 388 g/mol. The van der Waals surface area contributed by atoms with E-state index in [0.29, 0.717) is 13.2 Å². The van der Waals surface area contributed by atoms with E-state index in [4.69, 9.17) is 14.2 Å². The first-order valence-corrected chi connectivity index (χ1v) is 11.3. The maximum Gasteiger partial charge on any atom is 0.302 e. The second kappa shape index (κ2) is 14.2. The fourth-order valence-electron chi connectivity index (χ4n) is 3.43. The molecule has 0 saturated heterocycles. The number of carbonyl (C=O) groups excluding carboxylic acids is 1. The molecule has 0 bridgehead atoms. The van der Waals surface area contributed by atoms with E-state index in [1.54, 1.807) is 0 Å². The molecule has 31 heavy (non-hydrogen) atoms. The van der Waals surface area contributed by atoms with E-state index in [9.17, 15) is 4.79 Å². The first kappa shape index (κ1) is 27.1. The molecule has 1 aliphatic heterocycles. The second-order valence-corrected chi connectivity index (χ2v) is 9.00. The number of fused-ring (bicyclic) bond motifs is 1. The minimum atomic E-state index is -0.381. The van der Waals surface area contributed by atoms with Crippen molar-refractivity contribution in [2.45, 2.75) is 86.0 Å². The topological polar surface area (TPSA) is 44.8 Å². The van der Waals surface area contributed by atoms with E-state index in [2.05, 4.69) is 53.0 Å². The number of ether oxygens (including phenoxy) is 3. The maximum atomic E-state index is 11.1. The second-order valence-electron chi connectivity index (χ2n) is 9.00. The molecule has 3 atom stereocenters. The highest BCUT2D eigenvalue weighted by Crippen LogP contribution is 2.36. The predicted molar refractivity (Wildman–Crippen MR) is 129 cm³/mol. The first-order chi connectivity index (χ1) is 14.6. The van der Waals surface area contributed by atoms with Gasteiger partial charge in [-0.3, -0.25) is 4.79 Å². The molecule has 2 aliphatic rings. The molecule has 0 N–H and O–H groups in total. The Hall–Kier alpha value is -1.91. The molecule has 0 aromatic rings. The lowest BCUT2D eigenvalue weighted by molar-refractivity contribution is -0.153. The van der Waals surface area contributed by atoms with Crippen molar-refractivity contribution >= 4 is 5.97 Å². The minimum Gasteiger partial charge on any atom is -0.461 e. The summed E-state index contributed by atoms with van der Waals surface area (Å²) >= 11 is 0. The van der Waals surface area contributed by atoms with Gasteiger partial charge < -0.3 is 14.2 Å². The Kier molecular flexibility index (Phi) is 12.4. The van der Waals surface area contributed by atoms with Gasteiger partial charge in [0, 0.05) is 12.8 Å². The summed E-state index contributed by atoms with van der Waals surface area (Å²) in [6, 6.07) is 0. The lowest BCUT2D eigenvalue weighted by atomic mass is 9.81. The maximum absolute atomic E-state index is 11.1. The average Bonchev–Trinajstić information content (AvgIpc) is 2.65. The summed E-state index contributed by atoms with van der Waals surface area (Å²) in [5, 5.41) is 0. The smallest absolute Gasteiger partial charge is 0.302 e. The van der Waals surface area contributed by atoms with Gasteiger partial charge in [0.15, 0.2) is 6.29 Å². The molecule has 0 spiro atoms. The monoisotopic (exact) mass is 430 g/mol. The molecule has 0 fully saturated rings. The van der Waals surface area contributed by atoms with Crippen molar-refractivity contribution in [1.29, 1.82) is 0 Å². The summed E-state index contributed by atoms with van der Waals surface area (Å²) < 4.78 is 17.0. The van der Waals surface area contributed by atoms with Crippen LogP contribution in [0.1, 0.15) is 73.6 Å². The molecule has 4 nitrogen and oxygen atoms in total. The third-order valence-electron chi connectivity index (χ3n) is 5.19. The van der Waals surface area contributed by atoms with Crippen LogP contribution in [0.4, 0.5) is 0 Å². The molecule has 0 aromatic heterocycles. The predicted octanol–water partition coefficient (Wildman–Crippen LogP) is 6.85. The Morgan fingerprint density at radius 2 is 1.81 bits per heavy atom. The van der Waals surface area contributed by atoms with Crippen LogP contribution in [0.2, 0.25) is 0 Å². The number of carbonyl (C=O) groups is 1. The van der Waals surface area contributed by atoms with Gasteiger partial charge in [-0.05, 0) is 78.4 Å². The Labute approximate surface area is 189 Å². The zero-order valence-corrected chi connectivity index (χ0v) is 20.5. The van der Waals surface area contributed by atoms with Crippen LogP contribution in [0.15, 0.2) is 59.3 Å². The van der Waals surface area contributed by atoms with Gasteiger partial charge in [-0.1, -0.05) is 34.4 Å². The van der Waals surface area contributed by atoms with E-state index in [0.717, 1.165) is 43.3 Å². The highest BCUT2D eigenvalue weighted by molar-refractivity contribution is 5.66. The molecule has 2 rings (SSSR count). The SMILES string of the molecule is C=C(C)CCC=C(C)C.C=C(C)CCOC1C=C(COC(C)=O)C2CCC(C)=C[C@H]2O1. The van der Waals surface area contributed by atoms with Crippen molar-refractivity contribution in [3.05, 3.63) is 59.3 Å². The summed E-state index contributed by atoms with van der Waals surface area (Å²) in [5.74, 6) is 0.0234. The Morgan fingerprint density at radius 3 is 2.39 bits per heavy atom. The summed E-state index contributed by atoms with van der Waals surface area (Å²) in [6.07, 6.45) is 11.2. The quantitative estimate of drug-likeness (QED) is 0.296. The highest BCUT2D eigenvalue weighted by Gasteiger charge is 2.34. The third-order valence-corrected chi connectivity index (χ3v) is 5.19. The molecule has 1 heterocycles. The molecule has 4 heteroatoms. The molecule has 0 saturated carbocycles. The molecule has 0 amide bonds. The van der Waals surface area contributed by atoms with E-state index in [1.165, 1.54) is 23.6 Å². The average molecular weight is 431 g/mol. The van der Waals surface area contributed by atoms with Gasteiger partial charge in [-0.15, -0.1) is 13.2 Å². The van der Waals surface area contributed by atoms with Crippen molar-refractivity contribution in [3.63, 3.8) is 0 Å². The van der Waals surface area contributed by atoms with Gasteiger partial charge in [-0.2, -0.15) is 0 Å². The van der Waals surface area contributed by atoms with Gasteiger partial charge in [0.05, 0.1) is 12.7 Å². The van der Waals surface area contributed by atoms with Crippen molar-refractivity contribution in [3.8, 4) is 0 Å². The van der Waals surface area contributed by atoms with Crippen LogP contribution < -0.4 is 0 Å². The van der Waals surface area contributed by atoms with E-state index >= 15 is 0 Å². The molecule has 174 valence electrons. The van der Waals surface area contributed by atoms with Crippen LogP contribution in [0.3, 0.4) is 0 Å². The van der Waals surface area contributed by atoms with Crippen LogP contribution in [0, 0.1) is 5.92 Å². The van der Waals surface area contributed by atoms with Gasteiger partial charge in [-0.25, -0.2) is 0 Å². The lowest BCUT2D eigenvalue weighted by Crippen LogP contribution is -2.38. The van der Waals surface area contributed by atoms with Gasteiger partial charge in [0.2, 0.25) is 0 Å². The number of rotatable bonds is 9. The number of hydrogen-bond donors (Lipinski definition) is 0. The van der Waals surface area contributed by atoms with E-state index < -0.39 is 0 Å². The molecular formula is C27H42O4. The normalized spacial score (nSPS) is 22.1. The van der Waals surface area contributed by atoms with Crippen LogP contribution in [-0.2, 0) is 19.0 Å². The minimum absolute atomic E-state index is 0.0131. The first-order valence-electron chi connectivity index (χ1n) is 11.3. The van der Waals surface area contributed by atoms with Crippen LogP contribution in [0.5, 0.6) is 0 Å². The van der Waals surface area contributed by atoms with Crippen LogP contribution in [0.25, 0.3) is 0 Å². The van der Waals surface area contributed by atoms with Crippen molar-refractivity contribution in [1.82, 2.24) is 0 Å². The van der Waals surface area contributed by atoms with Crippen LogP contribution in [-0.4, -0.2) is 31.6 Å². The highest BCUT2D eigenvalue weighted by atomic mass is 16.7. The summed E-state index contributed by atoms with van der Waals surface area (Å²) in [6.45, 7) is 20.5. The van der Waals surface area contributed by atoms with Crippen molar-refractivity contribution in [2.24, 2.45) is 5.92 Å². The zero-order chi connectivity index (χ0) is 23.4. The van der Waals surface area contributed by atoms with Crippen molar-refractivity contribution in [2.75, 3.05) is 13.2 Å². The molecule has 2 unspecified atom stereocenters. The number of allylic oxidation sites excluding steroid dienone is 4. The largest absolute Gasteiger partial charge is 0.461 e. The summed E-state index contributed by atoms with van der Waals surface area (Å²) in [5.41, 5.74) is 6.21. The molecule has 0 aromatic carbocycles. The van der Waals surface area contributed by atoms with Crippen LogP contribution >= 0.6 is 0 Å². The fourth-order valence-corrected chi connectivity index (χ4v) is 3.43. The summed E-state index contributed by atoms with van der Waals surface area (Å²) in [4.78, 5) is 11.1. The summed E-state index contributed by atoms with van der Waals surface area (Å²) in [7, 11) is 0. The van der Waals surface area contributed by atoms with Gasteiger partial charge >= 0.3 is 5.97 Å². The zero-order valence-electron chi connectivity index (χ0n) is 20.5. The third kappa shape index (κ3) is 11.9. The van der Waals surface area contributed by atoms with Crippen molar-refractivity contribution < 1.29 is 19.0 Å². The number of hydrogen-bond acceptors (Lipinski definition) is 4. The lowest BCUT2D eigenvalue weighted by Gasteiger charge is -2.37. The van der Waals surface area contributed by atoms with Gasteiger partial charge in [0.25, 0.3) is 0 Å². The Bertz CT molecular complexity index is 707.